The number of amidine groups is 1. The van der Waals surface area contributed by atoms with E-state index in [9.17, 15) is 4.79 Å². The molecule has 0 spiro atoms. The molecule has 0 bridgehead atoms. The third kappa shape index (κ3) is 3.88. The molecule has 1 unspecified atom stereocenters. The van der Waals surface area contributed by atoms with E-state index in [1.165, 1.54) is 0 Å². The lowest BCUT2D eigenvalue weighted by Crippen LogP contribution is -2.41. The molecule has 1 amide bonds. The third-order valence-corrected chi connectivity index (χ3v) is 5.53. The van der Waals surface area contributed by atoms with E-state index < -0.39 is 0 Å². The molecule has 0 saturated carbocycles. The van der Waals surface area contributed by atoms with Crippen molar-refractivity contribution in [1.29, 1.82) is 0 Å². The van der Waals surface area contributed by atoms with Crippen LogP contribution >= 0.6 is 0 Å². The molecule has 5 rings (SSSR count). The van der Waals surface area contributed by atoms with Crippen LogP contribution in [0.15, 0.2) is 132 Å². The quantitative estimate of drug-likeness (QED) is 0.382. The lowest BCUT2D eigenvalue weighted by Gasteiger charge is -2.35. The molecule has 0 radical (unpaired) electrons. The summed E-state index contributed by atoms with van der Waals surface area (Å²) in [5, 5.41) is 0. The van der Waals surface area contributed by atoms with Crippen LogP contribution in [0.2, 0.25) is 0 Å². The summed E-state index contributed by atoms with van der Waals surface area (Å²) in [7, 11) is 0. The minimum atomic E-state index is -0.285. The Morgan fingerprint density at radius 3 is 1.72 bits per heavy atom. The second kappa shape index (κ2) is 8.86. The van der Waals surface area contributed by atoms with Gasteiger partial charge in [0.2, 0.25) is 0 Å². The highest BCUT2D eigenvalue weighted by molar-refractivity contribution is 6.15. The minimum Gasteiger partial charge on any atom is -0.281 e. The molecule has 1 aliphatic rings. The standard InChI is InChI=1S/C29H22N2O/c32-29(25-19-11-4-12-20-25)31-27(23-15-7-2-8-16-23)21-26(22-13-5-1-6-14-22)30-28(31)24-17-9-3-10-18-24/h1-21,27H. The molecule has 1 aliphatic heterocycles. The molecular weight excluding hydrogens is 392 g/mol. The SMILES string of the molecule is O=C(c1ccccc1)N1C(c2ccccc2)=NC(c2ccccc2)=CC1c1ccccc1. The normalized spacial score (nSPS) is 15.6. The van der Waals surface area contributed by atoms with Crippen LogP contribution in [0, 0.1) is 0 Å². The van der Waals surface area contributed by atoms with Gasteiger partial charge in [0, 0.05) is 11.1 Å². The Kier molecular flexibility index (Phi) is 5.46. The average Bonchev–Trinajstić information content (AvgIpc) is 2.89. The van der Waals surface area contributed by atoms with E-state index >= 15 is 0 Å². The van der Waals surface area contributed by atoms with Crippen molar-refractivity contribution in [2.45, 2.75) is 6.04 Å². The summed E-state index contributed by atoms with van der Waals surface area (Å²) < 4.78 is 0. The Bertz CT molecular complexity index is 1260. The molecule has 0 aromatic heterocycles. The molecule has 1 atom stereocenters. The first-order valence-corrected chi connectivity index (χ1v) is 10.7. The van der Waals surface area contributed by atoms with Crippen LogP contribution in [0.3, 0.4) is 0 Å². The average molecular weight is 415 g/mol. The van der Waals surface area contributed by atoms with E-state index in [0.29, 0.717) is 11.4 Å². The highest BCUT2D eigenvalue weighted by Crippen LogP contribution is 2.35. The monoisotopic (exact) mass is 414 g/mol. The van der Waals surface area contributed by atoms with Gasteiger partial charge in [0.15, 0.2) is 0 Å². The molecule has 0 saturated heterocycles. The van der Waals surface area contributed by atoms with Gasteiger partial charge >= 0.3 is 0 Å². The number of benzene rings is 4. The van der Waals surface area contributed by atoms with E-state index in [0.717, 1.165) is 22.4 Å². The van der Waals surface area contributed by atoms with Crippen LogP contribution in [0.4, 0.5) is 0 Å². The van der Waals surface area contributed by atoms with Crippen molar-refractivity contribution in [2.24, 2.45) is 4.99 Å². The first-order valence-electron chi connectivity index (χ1n) is 10.7. The number of amides is 1. The second-order valence-corrected chi connectivity index (χ2v) is 7.62. The summed E-state index contributed by atoms with van der Waals surface area (Å²) in [5.41, 5.74) is 4.45. The van der Waals surface area contributed by atoms with Crippen molar-refractivity contribution in [3.63, 3.8) is 0 Å². The molecule has 3 nitrogen and oxygen atoms in total. The van der Waals surface area contributed by atoms with Crippen molar-refractivity contribution < 1.29 is 4.79 Å². The van der Waals surface area contributed by atoms with Crippen LogP contribution in [0.5, 0.6) is 0 Å². The van der Waals surface area contributed by atoms with E-state index in [4.69, 9.17) is 4.99 Å². The van der Waals surface area contributed by atoms with Crippen LogP contribution in [-0.2, 0) is 0 Å². The number of hydrogen-bond donors (Lipinski definition) is 0. The number of carbonyl (C=O) groups excluding carboxylic acids is 1. The second-order valence-electron chi connectivity index (χ2n) is 7.62. The van der Waals surface area contributed by atoms with Gasteiger partial charge in [0.1, 0.15) is 5.84 Å². The number of rotatable bonds is 4. The van der Waals surface area contributed by atoms with Crippen molar-refractivity contribution in [2.75, 3.05) is 0 Å². The Labute approximate surface area is 188 Å². The molecule has 0 N–H and O–H groups in total. The zero-order chi connectivity index (χ0) is 21.8. The molecule has 3 heteroatoms. The van der Waals surface area contributed by atoms with Gasteiger partial charge in [-0.3, -0.25) is 9.69 Å². The van der Waals surface area contributed by atoms with Crippen molar-refractivity contribution in [1.82, 2.24) is 4.90 Å². The van der Waals surface area contributed by atoms with E-state index in [1.54, 1.807) is 0 Å². The Morgan fingerprint density at radius 2 is 1.12 bits per heavy atom. The van der Waals surface area contributed by atoms with Crippen LogP contribution in [0.25, 0.3) is 5.70 Å². The van der Waals surface area contributed by atoms with E-state index in [-0.39, 0.29) is 11.9 Å². The zero-order valence-electron chi connectivity index (χ0n) is 17.5. The van der Waals surface area contributed by atoms with E-state index in [1.807, 2.05) is 102 Å². The van der Waals surface area contributed by atoms with Crippen molar-refractivity contribution in [3.05, 3.63) is 150 Å². The van der Waals surface area contributed by atoms with Crippen molar-refractivity contribution in [3.8, 4) is 0 Å². The summed E-state index contributed by atoms with van der Waals surface area (Å²) in [6.45, 7) is 0. The highest BCUT2D eigenvalue weighted by atomic mass is 16.2. The van der Waals surface area contributed by atoms with Gasteiger partial charge in [-0.05, 0) is 29.3 Å². The lowest BCUT2D eigenvalue weighted by atomic mass is 9.97. The lowest BCUT2D eigenvalue weighted by molar-refractivity contribution is 0.0820. The van der Waals surface area contributed by atoms with Crippen LogP contribution in [0.1, 0.15) is 33.1 Å². The molecule has 0 aliphatic carbocycles. The molecule has 4 aromatic carbocycles. The maximum atomic E-state index is 13.8. The zero-order valence-corrected chi connectivity index (χ0v) is 17.5. The van der Waals surface area contributed by atoms with Gasteiger partial charge in [-0.1, -0.05) is 109 Å². The summed E-state index contributed by atoms with van der Waals surface area (Å²) in [5.74, 6) is 0.570. The number of hydrogen-bond acceptors (Lipinski definition) is 2. The molecule has 32 heavy (non-hydrogen) atoms. The van der Waals surface area contributed by atoms with Crippen LogP contribution in [-0.4, -0.2) is 16.6 Å². The Hall–Kier alpha value is -4.24. The molecule has 4 aromatic rings. The summed E-state index contributed by atoms with van der Waals surface area (Å²) in [6.07, 6.45) is 2.08. The molecular formula is C29H22N2O. The molecule has 0 fully saturated rings. The first-order chi connectivity index (χ1) is 15.8. The predicted octanol–water partition coefficient (Wildman–Crippen LogP) is 6.37. The summed E-state index contributed by atoms with van der Waals surface area (Å²) in [6, 6.07) is 39.3. The smallest absolute Gasteiger partial charge is 0.260 e. The largest absolute Gasteiger partial charge is 0.281 e. The summed E-state index contributed by atoms with van der Waals surface area (Å²) in [4.78, 5) is 20.6. The van der Waals surface area contributed by atoms with Gasteiger partial charge in [0.05, 0.1) is 11.7 Å². The predicted molar refractivity (Wildman–Crippen MR) is 129 cm³/mol. The van der Waals surface area contributed by atoms with E-state index in [2.05, 4.69) is 30.3 Å². The number of carbonyl (C=O) groups is 1. The van der Waals surface area contributed by atoms with Crippen molar-refractivity contribution >= 4 is 17.4 Å². The van der Waals surface area contributed by atoms with Gasteiger partial charge < -0.3 is 0 Å². The number of nitrogens with zero attached hydrogens (tertiary/aromatic N) is 2. The maximum absolute atomic E-state index is 13.8. The third-order valence-electron chi connectivity index (χ3n) is 5.53. The topological polar surface area (TPSA) is 32.7 Å². The number of aliphatic imine (C=N–C) groups is 1. The highest BCUT2D eigenvalue weighted by Gasteiger charge is 2.33. The first kappa shape index (κ1) is 19.7. The fraction of sp³-hybridized carbons (Fsp3) is 0.0345. The maximum Gasteiger partial charge on any atom is 0.260 e. The molecule has 1 heterocycles. The minimum absolute atomic E-state index is 0.0783. The Morgan fingerprint density at radius 1 is 0.625 bits per heavy atom. The fourth-order valence-corrected chi connectivity index (χ4v) is 3.96. The fourth-order valence-electron chi connectivity index (χ4n) is 3.96. The molecule has 154 valence electrons. The Balaban J connectivity index is 1.72. The van der Waals surface area contributed by atoms with Gasteiger partial charge in [-0.15, -0.1) is 0 Å². The summed E-state index contributed by atoms with van der Waals surface area (Å²) >= 11 is 0. The van der Waals surface area contributed by atoms with Gasteiger partial charge in [-0.25, -0.2) is 4.99 Å². The van der Waals surface area contributed by atoms with Crippen LogP contribution < -0.4 is 0 Å². The van der Waals surface area contributed by atoms with Gasteiger partial charge in [0.25, 0.3) is 5.91 Å². The van der Waals surface area contributed by atoms with Gasteiger partial charge in [-0.2, -0.15) is 0 Å².